The van der Waals surface area contributed by atoms with E-state index in [1.54, 1.807) is 0 Å². The largest absolute Gasteiger partial charge is 0.488 e. The highest BCUT2D eigenvalue weighted by atomic mass is 16.4. The Hall–Kier alpha value is -0.795. The third-order valence-corrected chi connectivity index (χ3v) is 6.13. The first-order valence-electron chi connectivity index (χ1n) is 12.7. The Labute approximate surface area is 181 Å². The maximum absolute atomic E-state index is 9.54. The summed E-state index contributed by atoms with van der Waals surface area (Å²) in [6, 6.07) is 6.06. The van der Waals surface area contributed by atoms with Crippen molar-refractivity contribution in [3.8, 4) is 0 Å². The molecule has 0 aliphatic heterocycles. The number of hydrogen-bond donors (Lipinski definition) is 2. The summed E-state index contributed by atoms with van der Waals surface area (Å²) in [5.41, 5.74) is 3.40. The topological polar surface area (TPSA) is 40.5 Å². The summed E-state index contributed by atoms with van der Waals surface area (Å²) in [5, 5.41) is 19.1. The zero-order valence-electron chi connectivity index (χ0n) is 19.4. The molecule has 0 heterocycles. The first kappa shape index (κ1) is 26.2. The van der Waals surface area contributed by atoms with E-state index in [-0.39, 0.29) is 0 Å². The second-order valence-electron chi connectivity index (χ2n) is 8.85. The molecule has 3 heteroatoms. The first-order chi connectivity index (χ1) is 14.2. The van der Waals surface area contributed by atoms with E-state index in [4.69, 9.17) is 0 Å². The predicted octanol–water partition coefficient (Wildman–Crippen LogP) is 6.73. The lowest BCUT2D eigenvalue weighted by Gasteiger charge is -2.12. The van der Waals surface area contributed by atoms with E-state index < -0.39 is 7.12 Å². The highest BCUT2D eigenvalue weighted by molar-refractivity contribution is 6.58. The van der Waals surface area contributed by atoms with Gasteiger partial charge in [0, 0.05) is 0 Å². The van der Waals surface area contributed by atoms with Crippen molar-refractivity contribution in [3.05, 3.63) is 29.3 Å². The third-order valence-electron chi connectivity index (χ3n) is 6.13. The number of rotatable bonds is 19. The Morgan fingerprint density at radius 1 is 0.552 bits per heavy atom. The monoisotopic (exact) mass is 402 g/mol. The first-order valence-corrected chi connectivity index (χ1v) is 12.7. The van der Waals surface area contributed by atoms with Crippen molar-refractivity contribution in [2.75, 3.05) is 0 Å². The Morgan fingerprint density at radius 3 is 1.41 bits per heavy atom. The van der Waals surface area contributed by atoms with Crippen molar-refractivity contribution in [2.24, 2.45) is 0 Å². The van der Waals surface area contributed by atoms with Crippen LogP contribution < -0.4 is 5.46 Å². The summed E-state index contributed by atoms with van der Waals surface area (Å²) in [6.45, 7) is 4.54. The predicted molar refractivity (Wildman–Crippen MR) is 129 cm³/mol. The van der Waals surface area contributed by atoms with Crippen molar-refractivity contribution < 1.29 is 10.0 Å². The summed E-state index contributed by atoms with van der Waals surface area (Å²) in [7, 11) is -1.36. The summed E-state index contributed by atoms with van der Waals surface area (Å²) < 4.78 is 0. The minimum absolute atomic E-state index is 0.638. The standard InChI is InChI=1S/C26H47BO2/c1-3-5-7-9-11-13-15-17-19-24-21-22-26(27(28)29)23-25(24)20-18-16-14-12-10-8-6-4-2/h21-23,28-29H,3-20H2,1-2H3. The quantitative estimate of drug-likeness (QED) is 0.199. The highest BCUT2D eigenvalue weighted by Gasteiger charge is 2.13. The van der Waals surface area contributed by atoms with Crippen LogP contribution in [0.2, 0.25) is 0 Å². The van der Waals surface area contributed by atoms with Gasteiger partial charge >= 0.3 is 7.12 Å². The molecule has 0 saturated carbocycles. The van der Waals surface area contributed by atoms with Crippen LogP contribution in [0, 0.1) is 0 Å². The van der Waals surface area contributed by atoms with Crippen LogP contribution in [-0.2, 0) is 12.8 Å². The zero-order valence-corrected chi connectivity index (χ0v) is 19.4. The van der Waals surface area contributed by atoms with E-state index in [2.05, 4.69) is 19.9 Å². The van der Waals surface area contributed by atoms with Gasteiger partial charge in [-0.3, -0.25) is 0 Å². The molecular weight excluding hydrogens is 355 g/mol. The normalized spacial score (nSPS) is 11.2. The molecule has 0 atom stereocenters. The van der Waals surface area contributed by atoms with Gasteiger partial charge in [0.1, 0.15) is 0 Å². The van der Waals surface area contributed by atoms with Gasteiger partial charge in [-0.15, -0.1) is 0 Å². The van der Waals surface area contributed by atoms with Crippen LogP contribution in [0.1, 0.15) is 128 Å². The number of hydrogen-bond acceptors (Lipinski definition) is 2. The average molecular weight is 402 g/mol. The van der Waals surface area contributed by atoms with E-state index in [0.717, 1.165) is 12.8 Å². The van der Waals surface area contributed by atoms with Gasteiger partial charge in [-0.1, -0.05) is 122 Å². The number of benzene rings is 1. The number of aryl methyl sites for hydroxylation is 2. The summed E-state index contributed by atoms with van der Waals surface area (Å²) >= 11 is 0. The molecule has 1 rings (SSSR count). The molecule has 0 bridgehead atoms. The molecule has 2 N–H and O–H groups in total. The van der Waals surface area contributed by atoms with Gasteiger partial charge in [0.15, 0.2) is 0 Å². The highest BCUT2D eigenvalue weighted by Crippen LogP contribution is 2.17. The second-order valence-corrected chi connectivity index (χ2v) is 8.85. The fourth-order valence-corrected chi connectivity index (χ4v) is 4.18. The molecule has 0 radical (unpaired) electrons. The zero-order chi connectivity index (χ0) is 21.2. The van der Waals surface area contributed by atoms with Gasteiger partial charge in [0.25, 0.3) is 0 Å². The van der Waals surface area contributed by atoms with E-state index in [0.29, 0.717) is 5.46 Å². The minimum Gasteiger partial charge on any atom is -0.423 e. The molecule has 0 saturated heterocycles. The van der Waals surface area contributed by atoms with Crippen LogP contribution in [0.4, 0.5) is 0 Å². The van der Waals surface area contributed by atoms with E-state index >= 15 is 0 Å². The van der Waals surface area contributed by atoms with Crippen molar-refractivity contribution in [1.29, 1.82) is 0 Å². The molecule has 0 aromatic heterocycles. The van der Waals surface area contributed by atoms with Crippen LogP contribution in [0.25, 0.3) is 0 Å². The molecule has 166 valence electrons. The molecule has 2 nitrogen and oxygen atoms in total. The summed E-state index contributed by atoms with van der Waals surface area (Å²) in [4.78, 5) is 0. The van der Waals surface area contributed by atoms with Crippen molar-refractivity contribution in [2.45, 2.75) is 129 Å². The molecule has 29 heavy (non-hydrogen) atoms. The Balaban J connectivity index is 2.35. The van der Waals surface area contributed by atoms with E-state index in [9.17, 15) is 10.0 Å². The van der Waals surface area contributed by atoms with Crippen LogP contribution in [0.3, 0.4) is 0 Å². The SMILES string of the molecule is CCCCCCCCCCc1ccc(B(O)O)cc1CCCCCCCCCC. The molecule has 0 aliphatic rings. The molecular formula is C26H47BO2. The van der Waals surface area contributed by atoms with Crippen LogP contribution >= 0.6 is 0 Å². The van der Waals surface area contributed by atoms with Crippen LogP contribution in [0.15, 0.2) is 18.2 Å². The number of unbranched alkanes of at least 4 members (excludes halogenated alkanes) is 14. The lowest BCUT2D eigenvalue weighted by atomic mass is 9.78. The molecule has 1 aromatic rings. The summed E-state index contributed by atoms with van der Waals surface area (Å²) in [5.74, 6) is 0. The summed E-state index contributed by atoms with van der Waals surface area (Å²) in [6.07, 6.45) is 23.6. The van der Waals surface area contributed by atoms with Crippen LogP contribution in [-0.4, -0.2) is 17.2 Å². The average Bonchev–Trinajstić information content (AvgIpc) is 2.72. The lowest BCUT2D eigenvalue weighted by molar-refractivity contribution is 0.425. The lowest BCUT2D eigenvalue weighted by Crippen LogP contribution is -2.30. The Morgan fingerprint density at radius 2 is 0.966 bits per heavy atom. The minimum atomic E-state index is -1.36. The Bertz CT molecular complexity index is 501. The maximum Gasteiger partial charge on any atom is 0.488 e. The Kier molecular flexibility index (Phi) is 16.3. The second kappa shape index (κ2) is 18.0. The molecule has 0 spiro atoms. The van der Waals surface area contributed by atoms with E-state index in [1.807, 2.05) is 12.1 Å². The van der Waals surface area contributed by atoms with Crippen molar-refractivity contribution >= 4 is 12.6 Å². The van der Waals surface area contributed by atoms with Gasteiger partial charge in [0.05, 0.1) is 0 Å². The van der Waals surface area contributed by atoms with Gasteiger partial charge < -0.3 is 10.0 Å². The molecule has 0 amide bonds. The maximum atomic E-state index is 9.54. The smallest absolute Gasteiger partial charge is 0.423 e. The molecule has 0 aliphatic carbocycles. The van der Waals surface area contributed by atoms with Crippen molar-refractivity contribution in [3.63, 3.8) is 0 Å². The van der Waals surface area contributed by atoms with Gasteiger partial charge in [-0.05, 0) is 42.3 Å². The van der Waals surface area contributed by atoms with Crippen molar-refractivity contribution in [1.82, 2.24) is 0 Å². The molecule has 0 fully saturated rings. The van der Waals surface area contributed by atoms with Gasteiger partial charge in [0.2, 0.25) is 0 Å². The van der Waals surface area contributed by atoms with Gasteiger partial charge in [-0.25, -0.2) is 0 Å². The molecule has 1 aromatic carbocycles. The fraction of sp³-hybridized carbons (Fsp3) is 0.769. The van der Waals surface area contributed by atoms with Crippen LogP contribution in [0.5, 0.6) is 0 Å². The third kappa shape index (κ3) is 13.2. The van der Waals surface area contributed by atoms with E-state index in [1.165, 1.54) is 114 Å². The fourth-order valence-electron chi connectivity index (χ4n) is 4.18. The molecule has 0 unspecified atom stereocenters. The van der Waals surface area contributed by atoms with Gasteiger partial charge in [-0.2, -0.15) is 0 Å².